The van der Waals surface area contributed by atoms with Crippen LogP contribution in [0.15, 0.2) is 12.1 Å². The largest absolute Gasteiger partial charge is 0.382 e. The van der Waals surface area contributed by atoms with Crippen molar-refractivity contribution in [2.45, 2.75) is 20.3 Å². The van der Waals surface area contributed by atoms with E-state index < -0.39 is 0 Å². The second-order valence-electron chi connectivity index (χ2n) is 4.65. The zero-order valence-corrected chi connectivity index (χ0v) is 8.70. The van der Waals surface area contributed by atoms with Gasteiger partial charge in [-0.2, -0.15) is 0 Å². The summed E-state index contributed by atoms with van der Waals surface area (Å²) >= 11 is 0. The molecular formula is C10H16N4. The van der Waals surface area contributed by atoms with E-state index in [1.54, 1.807) is 6.07 Å². The Labute approximate surface area is 84.1 Å². The number of hydrogen-bond acceptors (Lipinski definition) is 4. The van der Waals surface area contributed by atoms with E-state index in [0.717, 1.165) is 18.9 Å². The number of nitrogens with zero attached hydrogens (tertiary/aromatic N) is 3. The topological polar surface area (TPSA) is 55.0 Å². The number of nitrogens with two attached hydrogens (primary N) is 1. The van der Waals surface area contributed by atoms with E-state index >= 15 is 0 Å². The van der Waals surface area contributed by atoms with Gasteiger partial charge in [0.2, 0.25) is 0 Å². The van der Waals surface area contributed by atoms with Gasteiger partial charge in [0.15, 0.2) is 5.82 Å². The highest BCUT2D eigenvalue weighted by molar-refractivity contribution is 5.42. The number of aromatic nitrogens is 2. The van der Waals surface area contributed by atoms with Crippen LogP contribution in [-0.4, -0.2) is 23.3 Å². The predicted octanol–water partition coefficient (Wildman–Crippen LogP) is 1.30. The van der Waals surface area contributed by atoms with Crippen LogP contribution < -0.4 is 10.6 Å². The molecule has 14 heavy (non-hydrogen) atoms. The number of anilines is 2. The van der Waals surface area contributed by atoms with Crippen molar-refractivity contribution in [3.05, 3.63) is 12.1 Å². The fourth-order valence-electron chi connectivity index (χ4n) is 1.81. The summed E-state index contributed by atoms with van der Waals surface area (Å²) in [7, 11) is 0. The Morgan fingerprint density at radius 2 is 2.14 bits per heavy atom. The van der Waals surface area contributed by atoms with Crippen LogP contribution in [0.1, 0.15) is 20.3 Å². The number of nitrogen functional groups attached to an aromatic ring is 1. The molecule has 1 fully saturated rings. The van der Waals surface area contributed by atoms with E-state index in [1.807, 2.05) is 6.07 Å². The van der Waals surface area contributed by atoms with Crippen LogP contribution in [0.5, 0.6) is 0 Å². The van der Waals surface area contributed by atoms with Gasteiger partial charge in [0.25, 0.3) is 0 Å². The lowest BCUT2D eigenvalue weighted by Crippen LogP contribution is -2.23. The van der Waals surface area contributed by atoms with E-state index in [-0.39, 0.29) is 0 Å². The summed E-state index contributed by atoms with van der Waals surface area (Å²) in [5.41, 5.74) is 5.88. The van der Waals surface area contributed by atoms with Gasteiger partial charge in [-0.25, -0.2) is 0 Å². The molecular weight excluding hydrogens is 176 g/mol. The fraction of sp³-hybridized carbons (Fsp3) is 0.600. The van der Waals surface area contributed by atoms with Crippen LogP contribution in [0.2, 0.25) is 0 Å². The molecule has 2 heterocycles. The highest BCUT2D eigenvalue weighted by Crippen LogP contribution is 2.31. The molecule has 76 valence electrons. The molecule has 1 aromatic rings. The van der Waals surface area contributed by atoms with Gasteiger partial charge in [-0.15, -0.1) is 10.2 Å². The van der Waals surface area contributed by atoms with Crippen molar-refractivity contribution in [1.29, 1.82) is 0 Å². The van der Waals surface area contributed by atoms with Crippen molar-refractivity contribution in [2.24, 2.45) is 5.41 Å². The van der Waals surface area contributed by atoms with Crippen molar-refractivity contribution in [1.82, 2.24) is 10.2 Å². The fourth-order valence-corrected chi connectivity index (χ4v) is 1.81. The van der Waals surface area contributed by atoms with Gasteiger partial charge in [-0.05, 0) is 24.0 Å². The van der Waals surface area contributed by atoms with E-state index in [9.17, 15) is 0 Å². The summed E-state index contributed by atoms with van der Waals surface area (Å²) in [5, 5.41) is 7.93. The summed E-state index contributed by atoms with van der Waals surface area (Å²) in [6.45, 7) is 6.66. The smallest absolute Gasteiger partial charge is 0.151 e. The van der Waals surface area contributed by atoms with Gasteiger partial charge in [0.05, 0.1) is 0 Å². The predicted molar refractivity (Wildman–Crippen MR) is 57.1 cm³/mol. The van der Waals surface area contributed by atoms with E-state index in [0.29, 0.717) is 11.2 Å². The lowest BCUT2D eigenvalue weighted by molar-refractivity contribution is 0.418. The van der Waals surface area contributed by atoms with Crippen molar-refractivity contribution >= 4 is 11.6 Å². The molecule has 0 radical (unpaired) electrons. The highest BCUT2D eigenvalue weighted by atomic mass is 15.3. The molecule has 1 aromatic heterocycles. The number of hydrogen-bond donors (Lipinski definition) is 1. The van der Waals surface area contributed by atoms with Crippen LogP contribution in [0, 0.1) is 5.41 Å². The van der Waals surface area contributed by atoms with Crippen LogP contribution in [0.25, 0.3) is 0 Å². The van der Waals surface area contributed by atoms with E-state index in [4.69, 9.17) is 5.73 Å². The Hall–Kier alpha value is -1.32. The van der Waals surface area contributed by atoms with E-state index in [1.165, 1.54) is 6.42 Å². The summed E-state index contributed by atoms with van der Waals surface area (Å²) < 4.78 is 0. The minimum absolute atomic E-state index is 0.392. The molecule has 0 amide bonds. The maximum atomic E-state index is 5.49. The summed E-state index contributed by atoms with van der Waals surface area (Å²) in [5.74, 6) is 1.41. The summed E-state index contributed by atoms with van der Waals surface area (Å²) in [6.07, 6.45) is 1.21. The van der Waals surface area contributed by atoms with Crippen LogP contribution in [-0.2, 0) is 0 Å². The van der Waals surface area contributed by atoms with Gasteiger partial charge in [-0.1, -0.05) is 13.8 Å². The van der Waals surface area contributed by atoms with Gasteiger partial charge < -0.3 is 10.6 Å². The lowest BCUT2D eigenvalue weighted by Gasteiger charge is -2.19. The molecule has 0 aliphatic carbocycles. The molecule has 0 aromatic carbocycles. The third kappa shape index (κ3) is 1.78. The quantitative estimate of drug-likeness (QED) is 0.728. The molecule has 2 N–H and O–H groups in total. The maximum Gasteiger partial charge on any atom is 0.151 e. The normalized spacial score (nSPS) is 20.0. The molecule has 0 bridgehead atoms. The Kier molecular flexibility index (Phi) is 2.06. The highest BCUT2D eigenvalue weighted by Gasteiger charge is 2.29. The SMILES string of the molecule is CC1(C)CCN(c2ccc(N)nn2)C1. The molecule has 4 heteroatoms. The standard InChI is InChI=1S/C10H16N4/c1-10(2)5-6-14(7-10)9-4-3-8(11)12-13-9/h3-4H,5-7H2,1-2H3,(H2,11,12). The van der Waals surface area contributed by atoms with Gasteiger partial charge >= 0.3 is 0 Å². The number of rotatable bonds is 1. The minimum atomic E-state index is 0.392. The molecule has 1 saturated heterocycles. The molecule has 0 saturated carbocycles. The van der Waals surface area contributed by atoms with Crippen LogP contribution >= 0.6 is 0 Å². The third-order valence-electron chi connectivity index (χ3n) is 2.67. The van der Waals surface area contributed by atoms with Crippen molar-refractivity contribution in [2.75, 3.05) is 23.7 Å². The maximum absolute atomic E-state index is 5.49. The molecule has 2 rings (SSSR count). The molecule has 0 spiro atoms. The Bertz CT molecular complexity index is 317. The Morgan fingerprint density at radius 1 is 1.36 bits per heavy atom. The first-order chi connectivity index (χ1) is 6.57. The van der Waals surface area contributed by atoms with Gasteiger partial charge in [0, 0.05) is 13.1 Å². The zero-order chi connectivity index (χ0) is 10.2. The van der Waals surface area contributed by atoms with Crippen molar-refractivity contribution in [3.8, 4) is 0 Å². The zero-order valence-electron chi connectivity index (χ0n) is 8.70. The molecule has 0 unspecified atom stereocenters. The van der Waals surface area contributed by atoms with Crippen molar-refractivity contribution in [3.63, 3.8) is 0 Å². The molecule has 1 aliphatic heterocycles. The third-order valence-corrected chi connectivity index (χ3v) is 2.67. The van der Waals surface area contributed by atoms with Crippen LogP contribution in [0.3, 0.4) is 0 Å². The summed E-state index contributed by atoms with van der Waals surface area (Å²) in [6, 6.07) is 3.73. The first kappa shape index (κ1) is 9.24. The van der Waals surface area contributed by atoms with Gasteiger partial charge in [-0.3, -0.25) is 0 Å². The molecule has 0 atom stereocenters. The minimum Gasteiger partial charge on any atom is -0.382 e. The summed E-state index contributed by atoms with van der Waals surface area (Å²) in [4.78, 5) is 2.26. The second kappa shape index (κ2) is 3.12. The van der Waals surface area contributed by atoms with Crippen LogP contribution in [0.4, 0.5) is 11.6 Å². The Morgan fingerprint density at radius 3 is 2.64 bits per heavy atom. The molecule has 4 nitrogen and oxygen atoms in total. The molecule has 1 aliphatic rings. The van der Waals surface area contributed by atoms with Crippen molar-refractivity contribution < 1.29 is 0 Å². The average Bonchev–Trinajstić information content (AvgIpc) is 2.47. The van der Waals surface area contributed by atoms with Gasteiger partial charge in [0.1, 0.15) is 5.82 Å². The first-order valence-corrected chi connectivity index (χ1v) is 4.91. The second-order valence-corrected chi connectivity index (χ2v) is 4.65. The first-order valence-electron chi connectivity index (χ1n) is 4.91. The monoisotopic (exact) mass is 192 g/mol. The Balaban J connectivity index is 2.14. The lowest BCUT2D eigenvalue weighted by atomic mass is 9.93. The van der Waals surface area contributed by atoms with E-state index in [2.05, 4.69) is 28.9 Å². The average molecular weight is 192 g/mol.